The fraction of sp³-hybridized carbons (Fsp3) is 0.200. The maximum Gasteiger partial charge on any atom is 0.129 e. The molecule has 0 aromatic heterocycles. The Hall–Kier alpha value is -1.48. The molecule has 0 fully saturated rings. The molecule has 0 saturated carbocycles. The Morgan fingerprint density at radius 3 is 2.37 bits per heavy atom. The van der Waals surface area contributed by atoms with Crippen LogP contribution in [0.2, 0.25) is 0 Å². The van der Waals surface area contributed by atoms with Crippen LogP contribution >= 0.6 is 11.6 Å². The molecule has 100 valence electrons. The van der Waals surface area contributed by atoms with Crippen LogP contribution in [0.25, 0.3) is 0 Å². The van der Waals surface area contributed by atoms with Gasteiger partial charge in [-0.2, -0.15) is 0 Å². The Balaban J connectivity index is 2.20. The Bertz CT molecular complexity index is 596. The number of alkyl halides is 1. The van der Waals surface area contributed by atoms with Crippen molar-refractivity contribution in [3.05, 3.63) is 70.5 Å². The molecule has 0 aliphatic carbocycles. The van der Waals surface area contributed by atoms with Gasteiger partial charge in [0.1, 0.15) is 17.5 Å². The average molecular weight is 285 g/mol. The molecule has 1 atom stereocenters. The molecule has 19 heavy (non-hydrogen) atoms. The Morgan fingerprint density at radius 2 is 1.74 bits per heavy atom. The van der Waals surface area contributed by atoms with Crippen molar-refractivity contribution in [3.8, 4) is 0 Å². The van der Waals surface area contributed by atoms with Gasteiger partial charge in [-0.15, -0.1) is 11.6 Å². The largest absolute Gasteiger partial charge is 0.207 e. The fourth-order valence-electron chi connectivity index (χ4n) is 1.86. The van der Waals surface area contributed by atoms with Crippen LogP contribution in [0.1, 0.15) is 22.1 Å². The lowest BCUT2D eigenvalue weighted by Gasteiger charge is -2.12. The summed E-state index contributed by atoms with van der Waals surface area (Å²) in [5.74, 6) is -1.55. The molecule has 0 amide bonds. The predicted octanol–water partition coefficient (Wildman–Crippen LogP) is 4.93. The van der Waals surface area contributed by atoms with Gasteiger partial charge in [-0.1, -0.05) is 18.2 Å². The minimum Gasteiger partial charge on any atom is -0.207 e. The van der Waals surface area contributed by atoms with Crippen molar-refractivity contribution in [1.82, 2.24) is 0 Å². The van der Waals surface area contributed by atoms with Gasteiger partial charge in [0.2, 0.25) is 0 Å². The van der Waals surface area contributed by atoms with Gasteiger partial charge < -0.3 is 0 Å². The summed E-state index contributed by atoms with van der Waals surface area (Å²) in [6.45, 7) is 1.64. The summed E-state index contributed by atoms with van der Waals surface area (Å²) in [4.78, 5) is 0. The van der Waals surface area contributed by atoms with Crippen molar-refractivity contribution in [2.75, 3.05) is 0 Å². The van der Waals surface area contributed by atoms with E-state index in [9.17, 15) is 13.2 Å². The van der Waals surface area contributed by atoms with Crippen LogP contribution in [-0.2, 0) is 6.42 Å². The second kappa shape index (κ2) is 5.66. The van der Waals surface area contributed by atoms with Crippen LogP contribution in [0.15, 0.2) is 36.4 Å². The zero-order valence-electron chi connectivity index (χ0n) is 10.3. The molecule has 0 spiro atoms. The monoisotopic (exact) mass is 284 g/mol. The minimum absolute atomic E-state index is 0.221. The van der Waals surface area contributed by atoms with Crippen molar-refractivity contribution >= 4 is 11.6 Å². The summed E-state index contributed by atoms with van der Waals surface area (Å²) in [6.07, 6.45) is 0.221. The number of benzene rings is 2. The first kappa shape index (κ1) is 13.9. The van der Waals surface area contributed by atoms with E-state index in [4.69, 9.17) is 11.6 Å². The van der Waals surface area contributed by atoms with Gasteiger partial charge in [0.05, 0.1) is 5.38 Å². The topological polar surface area (TPSA) is 0 Å². The third kappa shape index (κ3) is 3.29. The first-order valence-electron chi connectivity index (χ1n) is 5.81. The van der Waals surface area contributed by atoms with Gasteiger partial charge in [-0.25, -0.2) is 13.2 Å². The van der Waals surface area contributed by atoms with Crippen LogP contribution in [-0.4, -0.2) is 0 Å². The van der Waals surface area contributed by atoms with E-state index < -0.39 is 17.0 Å². The predicted molar refractivity (Wildman–Crippen MR) is 69.8 cm³/mol. The van der Waals surface area contributed by atoms with E-state index in [0.29, 0.717) is 16.7 Å². The van der Waals surface area contributed by atoms with Gasteiger partial charge in [0, 0.05) is 6.07 Å². The van der Waals surface area contributed by atoms with Crippen LogP contribution in [0.3, 0.4) is 0 Å². The number of aryl methyl sites for hydroxylation is 1. The average Bonchev–Trinajstić information content (AvgIpc) is 2.36. The molecule has 0 bridgehead atoms. The highest BCUT2D eigenvalue weighted by molar-refractivity contribution is 6.20. The van der Waals surface area contributed by atoms with E-state index in [-0.39, 0.29) is 12.2 Å². The third-order valence-electron chi connectivity index (χ3n) is 2.96. The van der Waals surface area contributed by atoms with E-state index >= 15 is 0 Å². The van der Waals surface area contributed by atoms with E-state index in [0.717, 1.165) is 6.07 Å². The smallest absolute Gasteiger partial charge is 0.129 e. The van der Waals surface area contributed by atoms with E-state index in [1.807, 2.05) is 0 Å². The normalized spacial score (nSPS) is 12.5. The third-order valence-corrected chi connectivity index (χ3v) is 3.36. The molecular weight excluding hydrogens is 273 g/mol. The van der Waals surface area contributed by atoms with Crippen molar-refractivity contribution in [1.29, 1.82) is 0 Å². The molecule has 2 aromatic carbocycles. The standard InChI is InChI=1S/C15H12ClF3/c1-9-6-10(3-5-14(9)18)13(16)7-11-2-4-12(17)8-15(11)19/h2-6,8,13H,7H2,1H3. The molecule has 0 aliphatic rings. The quantitative estimate of drug-likeness (QED) is 0.701. The number of rotatable bonds is 3. The molecule has 2 rings (SSSR count). The highest BCUT2D eigenvalue weighted by Gasteiger charge is 2.13. The van der Waals surface area contributed by atoms with E-state index in [1.54, 1.807) is 19.1 Å². The van der Waals surface area contributed by atoms with Gasteiger partial charge >= 0.3 is 0 Å². The maximum absolute atomic E-state index is 13.5. The maximum atomic E-state index is 13.5. The lowest BCUT2D eigenvalue weighted by atomic mass is 10.0. The van der Waals surface area contributed by atoms with Crippen molar-refractivity contribution in [3.63, 3.8) is 0 Å². The molecule has 4 heteroatoms. The second-order valence-corrected chi connectivity index (χ2v) is 4.94. The summed E-state index contributed by atoms with van der Waals surface area (Å²) in [6, 6.07) is 7.93. The number of hydrogen-bond donors (Lipinski definition) is 0. The van der Waals surface area contributed by atoms with Gasteiger partial charge in [0.25, 0.3) is 0 Å². The lowest BCUT2D eigenvalue weighted by molar-refractivity contribution is 0.570. The first-order valence-corrected chi connectivity index (χ1v) is 6.25. The Morgan fingerprint density at radius 1 is 1.00 bits per heavy atom. The number of hydrogen-bond acceptors (Lipinski definition) is 0. The molecule has 2 aromatic rings. The molecule has 1 unspecified atom stereocenters. The first-order chi connectivity index (χ1) is 8.97. The molecule has 0 heterocycles. The molecule has 0 radical (unpaired) electrons. The van der Waals surface area contributed by atoms with Crippen molar-refractivity contribution < 1.29 is 13.2 Å². The van der Waals surface area contributed by atoms with Crippen molar-refractivity contribution in [2.45, 2.75) is 18.7 Å². The van der Waals surface area contributed by atoms with E-state index in [1.165, 1.54) is 18.2 Å². The van der Waals surface area contributed by atoms with Gasteiger partial charge in [-0.3, -0.25) is 0 Å². The van der Waals surface area contributed by atoms with E-state index in [2.05, 4.69) is 0 Å². The highest BCUT2D eigenvalue weighted by atomic mass is 35.5. The lowest BCUT2D eigenvalue weighted by Crippen LogP contribution is -2.00. The van der Waals surface area contributed by atoms with Crippen LogP contribution < -0.4 is 0 Å². The zero-order chi connectivity index (χ0) is 14.0. The molecule has 0 aliphatic heterocycles. The Kier molecular flexibility index (Phi) is 4.15. The summed E-state index contributed by atoms with van der Waals surface area (Å²) in [7, 11) is 0. The molecular formula is C15H12ClF3. The minimum atomic E-state index is -0.621. The summed E-state index contributed by atoms with van der Waals surface area (Å²) >= 11 is 6.19. The number of halogens is 4. The van der Waals surface area contributed by atoms with Crippen LogP contribution in [0.5, 0.6) is 0 Å². The van der Waals surface area contributed by atoms with Crippen LogP contribution in [0, 0.1) is 24.4 Å². The van der Waals surface area contributed by atoms with Gasteiger partial charge in [0.15, 0.2) is 0 Å². The SMILES string of the molecule is Cc1cc(C(Cl)Cc2ccc(F)cc2F)ccc1F. The van der Waals surface area contributed by atoms with Crippen molar-refractivity contribution in [2.24, 2.45) is 0 Å². The summed E-state index contributed by atoms with van der Waals surface area (Å²) in [5, 5.41) is -0.487. The van der Waals surface area contributed by atoms with Crippen LogP contribution in [0.4, 0.5) is 13.2 Å². The van der Waals surface area contributed by atoms with Gasteiger partial charge in [-0.05, 0) is 42.2 Å². The Labute approximate surface area is 114 Å². The molecule has 0 N–H and O–H groups in total. The molecule has 0 saturated heterocycles. The fourth-order valence-corrected chi connectivity index (χ4v) is 2.16. The second-order valence-electron chi connectivity index (χ2n) is 4.42. The highest BCUT2D eigenvalue weighted by Crippen LogP contribution is 2.27. The zero-order valence-corrected chi connectivity index (χ0v) is 11.0. The molecule has 0 nitrogen and oxygen atoms in total. The summed E-state index contributed by atoms with van der Waals surface area (Å²) < 4.78 is 39.5. The summed E-state index contributed by atoms with van der Waals surface area (Å²) in [5.41, 5.74) is 1.54.